The molecule has 1 aromatic carbocycles. The third kappa shape index (κ3) is 3.18. The number of likely N-dealkylation sites (tertiary alicyclic amines) is 1. The first-order chi connectivity index (χ1) is 11.9. The van der Waals surface area contributed by atoms with Gasteiger partial charge in [-0.25, -0.2) is 4.39 Å². The van der Waals surface area contributed by atoms with Crippen molar-refractivity contribution < 1.29 is 23.4 Å². The third-order valence-electron chi connectivity index (χ3n) is 5.26. The molecule has 5 nitrogen and oxygen atoms in total. The predicted molar refractivity (Wildman–Crippen MR) is 90.4 cm³/mol. The summed E-state index contributed by atoms with van der Waals surface area (Å²) in [5, 5.41) is 0. The minimum absolute atomic E-state index is 0.246. The molecule has 6 atom stereocenters. The maximum Gasteiger partial charge on any atom is 0.233 e. The summed E-state index contributed by atoms with van der Waals surface area (Å²) in [4.78, 5) is 14.3. The van der Waals surface area contributed by atoms with Crippen LogP contribution in [0.25, 0.3) is 0 Å². The molecule has 2 saturated heterocycles. The van der Waals surface area contributed by atoms with Crippen LogP contribution >= 0.6 is 0 Å². The maximum absolute atomic E-state index is 14.1. The van der Waals surface area contributed by atoms with E-state index in [4.69, 9.17) is 14.2 Å². The first kappa shape index (κ1) is 18.3. The Morgan fingerprint density at radius 2 is 2.08 bits per heavy atom. The third-order valence-corrected chi connectivity index (χ3v) is 5.26. The number of halogens is 1. The first-order valence-electron chi connectivity index (χ1n) is 8.77. The van der Waals surface area contributed by atoms with Crippen molar-refractivity contribution in [3.63, 3.8) is 0 Å². The molecular formula is C19H26FNO4. The summed E-state index contributed by atoms with van der Waals surface area (Å²) in [7, 11) is 1.55. The van der Waals surface area contributed by atoms with Crippen molar-refractivity contribution >= 4 is 5.91 Å². The Hall–Kier alpha value is -1.50. The molecule has 2 unspecified atom stereocenters. The second-order valence-electron chi connectivity index (χ2n) is 6.89. The van der Waals surface area contributed by atoms with E-state index in [9.17, 15) is 9.18 Å². The van der Waals surface area contributed by atoms with Crippen LogP contribution in [0.15, 0.2) is 30.3 Å². The summed E-state index contributed by atoms with van der Waals surface area (Å²) in [5.41, 5.74) is 0.852. The summed E-state index contributed by atoms with van der Waals surface area (Å²) >= 11 is 0. The van der Waals surface area contributed by atoms with Crippen LogP contribution in [0.4, 0.5) is 4.39 Å². The number of alkyl halides is 1. The quantitative estimate of drug-likeness (QED) is 0.739. The Morgan fingerprint density at radius 1 is 1.40 bits per heavy atom. The highest BCUT2D eigenvalue weighted by atomic mass is 19.1. The topological polar surface area (TPSA) is 48.0 Å². The fraction of sp³-hybridized carbons (Fsp3) is 0.632. The highest BCUT2D eigenvalue weighted by Gasteiger charge is 2.59. The summed E-state index contributed by atoms with van der Waals surface area (Å²) < 4.78 is 31.5. The Morgan fingerprint density at radius 3 is 2.60 bits per heavy atom. The van der Waals surface area contributed by atoms with E-state index in [-0.39, 0.29) is 12.0 Å². The minimum atomic E-state index is -1.25. The average molecular weight is 351 g/mol. The van der Waals surface area contributed by atoms with E-state index in [2.05, 4.69) is 0 Å². The van der Waals surface area contributed by atoms with Crippen LogP contribution in [0.3, 0.4) is 0 Å². The molecule has 25 heavy (non-hydrogen) atoms. The van der Waals surface area contributed by atoms with E-state index in [1.165, 1.54) is 6.92 Å². The molecule has 138 valence electrons. The number of hydrogen-bond donors (Lipinski definition) is 0. The number of carbonyl (C=O) groups is 1. The number of amides is 1. The van der Waals surface area contributed by atoms with Gasteiger partial charge < -0.3 is 19.1 Å². The highest BCUT2D eigenvalue weighted by Crippen LogP contribution is 2.44. The molecule has 2 heterocycles. The molecule has 1 amide bonds. The molecule has 6 heteroatoms. The van der Waals surface area contributed by atoms with Crippen LogP contribution in [-0.4, -0.2) is 48.6 Å². The number of ether oxygens (including phenoxy) is 3. The van der Waals surface area contributed by atoms with E-state index >= 15 is 0 Å². The Balaban J connectivity index is 1.88. The second kappa shape index (κ2) is 7.02. The van der Waals surface area contributed by atoms with Crippen molar-refractivity contribution in [2.75, 3.05) is 13.7 Å². The molecule has 2 aliphatic rings. The van der Waals surface area contributed by atoms with Gasteiger partial charge in [0.25, 0.3) is 0 Å². The lowest BCUT2D eigenvalue weighted by molar-refractivity contribution is -0.211. The van der Waals surface area contributed by atoms with Gasteiger partial charge in [0.2, 0.25) is 5.91 Å². The molecule has 0 aromatic heterocycles. The monoisotopic (exact) mass is 351 g/mol. The Bertz CT molecular complexity index is 611. The van der Waals surface area contributed by atoms with Crippen molar-refractivity contribution in [2.24, 2.45) is 5.92 Å². The molecule has 2 aliphatic heterocycles. The molecule has 1 aromatic rings. The van der Waals surface area contributed by atoms with E-state index < -0.39 is 30.1 Å². The van der Waals surface area contributed by atoms with Gasteiger partial charge in [0.1, 0.15) is 12.3 Å². The number of methoxy groups -OCH3 is 1. The van der Waals surface area contributed by atoms with Crippen molar-refractivity contribution in [3.05, 3.63) is 35.9 Å². The lowest BCUT2D eigenvalue weighted by atomic mass is 9.80. The van der Waals surface area contributed by atoms with E-state index in [0.29, 0.717) is 13.0 Å². The molecule has 0 saturated carbocycles. The van der Waals surface area contributed by atoms with Crippen LogP contribution in [0.1, 0.15) is 39.0 Å². The smallest absolute Gasteiger partial charge is 0.233 e. The van der Waals surface area contributed by atoms with Gasteiger partial charge in [-0.15, -0.1) is 0 Å². The van der Waals surface area contributed by atoms with Gasteiger partial charge in [-0.2, -0.15) is 0 Å². The van der Waals surface area contributed by atoms with Gasteiger partial charge in [0.15, 0.2) is 12.0 Å². The summed E-state index contributed by atoms with van der Waals surface area (Å²) in [6.45, 7) is 5.61. The fourth-order valence-corrected chi connectivity index (χ4v) is 3.73. The SMILES string of the molecule is CCC1(C)OC[C@H]([C@@H]2[C@@H]([C@@H](C)F)C(=O)N2C(OC)c2ccccc2)O1. The zero-order valence-electron chi connectivity index (χ0n) is 15.1. The first-order valence-corrected chi connectivity index (χ1v) is 8.77. The standard InChI is InChI=1S/C19H26FNO4/c1-5-19(3)24-11-14(25-19)16-15(12(2)20)17(22)21(16)18(23-4)13-9-7-6-8-10-13/h6-10,12,14-16,18H,5,11H2,1-4H3/t12-,14-,15-,16-,18?,19?/m1/s1. The predicted octanol–water partition coefficient (Wildman–Crippen LogP) is 3.06. The van der Waals surface area contributed by atoms with Crippen LogP contribution in [-0.2, 0) is 19.0 Å². The van der Waals surface area contributed by atoms with Crippen molar-refractivity contribution in [2.45, 2.75) is 57.5 Å². The summed E-state index contributed by atoms with van der Waals surface area (Å²) in [6.07, 6.45) is -1.50. The normalized spacial score (nSPS) is 34.7. The lowest BCUT2D eigenvalue weighted by Gasteiger charge is -2.52. The Kier molecular flexibility index (Phi) is 5.14. The highest BCUT2D eigenvalue weighted by molar-refractivity contribution is 5.87. The Labute approximate surface area is 148 Å². The van der Waals surface area contributed by atoms with Crippen LogP contribution < -0.4 is 0 Å². The van der Waals surface area contributed by atoms with Crippen LogP contribution in [0.5, 0.6) is 0 Å². The van der Waals surface area contributed by atoms with Gasteiger partial charge in [-0.3, -0.25) is 4.79 Å². The lowest BCUT2D eigenvalue weighted by Crippen LogP contribution is -2.69. The molecule has 3 rings (SSSR count). The second-order valence-corrected chi connectivity index (χ2v) is 6.89. The van der Waals surface area contributed by atoms with Crippen molar-refractivity contribution in [3.8, 4) is 0 Å². The van der Waals surface area contributed by atoms with E-state index in [1.807, 2.05) is 44.2 Å². The van der Waals surface area contributed by atoms with Crippen LogP contribution in [0, 0.1) is 5.92 Å². The molecule has 0 radical (unpaired) electrons. The van der Waals surface area contributed by atoms with E-state index in [1.54, 1.807) is 12.0 Å². The fourth-order valence-electron chi connectivity index (χ4n) is 3.73. The van der Waals surface area contributed by atoms with Crippen molar-refractivity contribution in [1.29, 1.82) is 0 Å². The average Bonchev–Trinajstić information content (AvgIpc) is 2.99. The number of carbonyl (C=O) groups excluding carboxylic acids is 1. The summed E-state index contributed by atoms with van der Waals surface area (Å²) in [6, 6.07) is 9.06. The number of hydrogen-bond acceptors (Lipinski definition) is 4. The number of β-lactam (4-membered cyclic amide) rings is 1. The summed E-state index contributed by atoms with van der Waals surface area (Å²) in [5.74, 6) is -1.66. The van der Waals surface area contributed by atoms with E-state index in [0.717, 1.165) is 5.56 Å². The minimum Gasteiger partial charge on any atom is -0.357 e. The van der Waals surface area contributed by atoms with Gasteiger partial charge in [0, 0.05) is 12.7 Å². The number of nitrogens with zero attached hydrogens (tertiary/aromatic N) is 1. The van der Waals surface area contributed by atoms with Gasteiger partial charge in [-0.1, -0.05) is 37.3 Å². The molecule has 0 aliphatic carbocycles. The van der Waals surface area contributed by atoms with Crippen LogP contribution in [0.2, 0.25) is 0 Å². The molecule has 0 spiro atoms. The molecule has 2 fully saturated rings. The van der Waals surface area contributed by atoms with Gasteiger partial charge >= 0.3 is 0 Å². The molecular weight excluding hydrogens is 325 g/mol. The van der Waals surface area contributed by atoms with Gasteiger partial charge in [-0.05, 0) is 20.3 Å². The number of rotatable bonds is 6. The maximum atomic E-state index is 14.1. The largest absolute Gasteiger partial charge is 0.357 e. The molecule has 0 N–H and O–H groups in total. The van der Waals surface area contributed by atoms with Crippen molar-refractivity contribution in [1.82, 2.24) is 4.90 Å². The number of benzene rings is 1. The zero-order valence-corrected chi connectivity index (χ0v) is 15.1. The van der Waals surface area contributed by atoms with Gasteiger partial charge in [0.05, 0.1) is 18.6 Å². The molecule has 0 bridgehead atoms. The zero-order chi connectivity index (χ0) is 18.2.